The molecule has 1 atom stereocenters. The third kappa shape index (κ3) is 2.84. The molecular formula is C14H15FN2O. The summed E-state index contributed by atoms with van der Waals surface area (Å²) in [5.41, 5.74) is 1.42. The topological polar surface area (TPSA) is 45.1 Å². The van der Waals surface area contributed by atoms with E-state index in [0.717, 1.165) is 5.56 Å². The molecule has 18 heavy (non-hydrogen) atoms. The Morgan fingerprint density at radius 2 is 2.00 bits per heavy atom. The van der Waals surface area contributed by atoms with E-state index in [-0.39, 0.29) is 17.6 Å². The van der Waals surface area contributed by atoms with Gasteiger partial charge in [0.1, 0.15) is 11.6 Å². The van der Waals surface area contributed by atoms with E-state index in [1.807, 2.05) is 12.1 Å². The maximum atomic E-state index is 13.7. The van der Waals surface area contributed by atoms with Gasteiger partial charge in [-0.05, 0) is 43.3 Å². The first-order valence-electron chi connectivity index (χ1n) is 5.76. The minimum absolute atomic E-state index is 0.184. The second kappa shape index (κ2) is 5.60. The predicted octanol–water partition coefficient (Wildman–Crippen LogP) is 2.43. The molecule has 1 aromatic heterocycles. The highest BCUT2D eigenvalue weighted by Gasteiger charge is 2.15. The van der Waals surface area contributed by atoms with E-state index in [1.165, 1.54) is 6.07 Å². The number of likely N-dealkylation sites (N-methyl/N-ethyl adjacent to an activating group) is 1. The van der Waals surface area contributed by atoms with E-state index in [4.69, 9.17) is 0 Å². The molecule has 1 unspecified atom stereocenters. The van der Waals surface area contributed by atoms with Gasteiger partial charge in [-0.25, -0.2) is 4.39 Å². The number of hydrogen-bond acceptors (Lipinski definition) is 3. The highest BCUT2D eigenvalue weighted by molar-refractivity contribution is 5.27. The number of phenols is 1. The Kier molecular flexibility index (Phi) is 3.89. The Labute approximate surface area is 105 Å². The van der Waals surface area contributed by atoms with Crippen molar-refractivity contribution in [2.75, 3.05) is 7.05 Å². The smallest absolute Gasteiger partial charge is 0.146 e. The van der Waals surface area contributed by atoms with Gasteiger partial charge in [0.15, 0.2) is 0 Å². The van der Waals surface area contributed by atoms with Crippen molar-refractivity contribution in [3.8, 4) is 5.75 Å². The summed E-state index contributed by atoms with van der Waals surface area (Å²) >= 11 is 0. The first-order chi connectivity index (χ1) is 8.70. The Morgan fingerprint density at radius 3 is 2.61 bits per heavy atom. The third-order valence-electron chi connectivity index (χ3n) is 2.84. The van der Waals surface area contributed by atoms with Gasteiger partial charge < -0.3 is 10.4 Å². The molecule has 0 fully saturated rings. The normalized spacial score (nSPS) is 12.3. The van der Waals surface area contributed by atoms with Crippen LogP contribution in [0.4, 0.5) is 4.39 Å². The largest absolute Gasteiger partial charge is 0.508 e. The van der Waals surface area contributed by atoms with Crippen LogP contribution in [0.15, 0.2) is 42.6 Å². The fourth-order valence-electron chi connectivity index (χ4n) is 1.86. The van der Waals surface area contributed by atoms with Crippen molar-refractivity contribution in [2.24, 2.45) is 0 Å². The standard InChI is InChI=1S/C14H15FN2O/c1-16-13(14-12(15)3-2-8-17-14)9-10-4-6-11(18)7-5-10/h2-8,13,16,18H,9H2,1H3. The van der Waals surface area contributed by atoms with Crippen LogP contribution in [0, 0.1) is 5.82 Å². The van der Waals surface area contributed by atoms with Gasteiger partial charge in [0.2, 0.25) is 0 Å². The van der Waals surface area contributed by atoms with Crippen molar-refractivity contribution < 1.29 is 9.50 Å². The van der Waals surface area contributed by atoms with Crippen molar-refractivity contribution in [1.29, 1.82) is 0 Å². The number of nitrogens with zero attached hydrogens (tertiary/aromatic N) is 1. The summed E-state index contributed by atoms with van der Waals surface area (Å²) in [6.07, 6.45) is 2.20. The lowest BCUT2D eigenvalue weighted by Gasteiger charge is -2.16. The summed E-state index contributed by atoms with van der Waals surface area (Å²) < 4.78 is 13.7. The molecule has 2 rings (SSSR count). The van der Waals surface area contributed by atoms with Gasteiger partial charge >= 0.3 is 0 Å². The molecule has 0 radical (unpaired) electrons. The average Bonchev–Trinajstić information content (AvgIpc) is 2.39. The first-order valence-corrected chi connectivity index (χ1v) is 5.76. The number of hydrogen-bond donors (Lipinski definition) is 2. The fraction of sp³-hybridized carbons (Fsp3) is 0.214. The molecule has 2 aromatic rings. The summed E-state index contributed by atoms with van der Waals surface area (Å²) in [5, 5.41) is 12.3. The van der Waals surface area contributed by atoms with Gasteiger partial charge in [-0.1, -0.05) is 12.1 Å². The van der Waals surface area contributed by atoms with E-state index >= 15 is 0 Å². The molecule has 0 aliphatic carbocycles. The van der Waals surface area contributed by atoms with Gasteiger partial charge in [0, 0.05) is 6.20 Å². The molecule has 0 aliphatic rings. The van der Waals surface area contributed by atoms with Crippen LogP contribution < -0.4 is 5.32 Å². The fourth-order valence-corrected chi connectivity index (χ4v) is 1.86. The van der Waals surface area contributed by atoms with Crippen molar-refractivity contribution in [1.82, 2.24) is 10.3 Å². The monoisotopic (exact) mass is 246 g/mol. The zero-order valence-electron chi connectivity index (χ0n) is 10.1. The van der Waals surface area contributed by atoms with Crippen molar-refractivity contribution in [3.63, 3.8) is 0 Å². The summed E-state index contributed by atoms with van der Waals surface area (Å²) in [4.78, 5) is 4.08. The molecule has 0 saturated carbocycles. The number of rotatable bonds is 4. The van der Waals surface area contributed by atoms with Crippen LogP contribution in [0.3, 0.4) is 0 Å². The second-order valence-corrected chi connectivity index (χ2v) is 4.08. The lowest BCUT2D eigenvalue weighted by Crippen LogP contribution is -2.21. The molecule has 94 valence electrons. The van der Waals surface area contributed by atoms with Crippen LogP contribution in [0.25, 0.3) is 0 Å². The van der Waals surface area contributed by atoms with Gasteiger partial charge in [0.25, 0.3) is 0 Å². The predicted molar refractivity (Wildman–Crippen MR) is 67.8 cm³/mol. The molecule has 0 aliphatic heterocycles. The molecule has 4 heteroatoms. The van der Waals surface area contributed by atoms with Crippen molar-refractivity contribution >= 4 is 0 Å². The van der Waals surface area contributed by atoms with Gasteiger partial charge in [0.05, 0.1) is 11.7 Å². The Morgan fingerprint density at radius 1 is 1.28 bits per heavy atom. The first kappa shape index (κ1) is 12.5. The van der Waals surface area contributed by atoms with E-state index in [9.17, 15) is 9.50 Å². The summed E-state index contributed by atoms with van der Waals surface area (Å²) in [7, 11) is 1.78. The van der Waals surface area contributed by atoms with Crippen LogP contribution >= 0.6 is 0 Å². The van der Waals surface area contributed by atoms with Gasteiger partial charge in [-0.3, -0.25) is 4.98 Å². The van der Waals surface area contributed by atoms with E-state index in [2.05, 4.69) is 10.3 Å². The Hall–Kier alpha value is -1.94. The molecule has 2 N–H and O–H groups in total. The van der Waals surface area contributed by atoms with Gasteiger partial charge in [-0.15, -0.1) is 0 Å². The highest BCUT2D eigenvalue weighted by Crippen LogP contribution is 2.20. The van der Waals surface area contributed by atoms with Crippen LogP contribution in [0.1, 0.15) is 17.3 Å². The molecule has 1 aromatic carbocycles. The SMILES string of the molecule is CNC(Cc1ccc(O)cc1)c1ncccc1F. The lowest BCUT2D eigenvalue weighted by molar-refractivity contribution is 0.474. The van der Waals surface area contributed by atoms with Gasteiger partial charge in [-0.2, -0.15) is 0 Å². The number of aromatic hydroxyl groups is 1. The Balaban J connectivity index is 2.20. The number of nitrogens with one attached hydrogen (secondary N) is 1. The Bertz CT molecular complexity index is 513. The molecule has 0 bridgehead atoms. The third-order valence-corrected chi connectivity index (χ3v) is 2.84. The van der Waals surface area contributed by atoms with E-state index in [1.54, 1.807) is 31.4 Å². The van der Waals surface area contributed by atoms with Crippen LogP contribution in [0.2, 0.25) is 0 Å². The highest BCUT2D eigenvalue weighted by atomic mass is 19.1. The summed E-state index contributed by atoms with van der Waals surface area (Å²) in [6, 6.07) is 9.68. The molecule has 3 nitrogen and oxygen atoms in total. The number of phenolic OH excluding ortho intramolecular Hbond substituents is 1. The number of benzene rings is 1. The lowest BCUT2D eigenvalue weighted by atomic mass is 10.0. The number of aromatic nitrogens is 1. The average molecular weight is 246 g/mol. The molecule has 1 heterocycles. The number of halogens is 1. The van der Waals surface area contributed by atoms with E-state index < -0.39 is 0 Å². The van der Waals surface area contributed by atoms with Crippen molar-refractivity contribution in [3.05, 3.63) is 59.7 Å². The molecule has 0 saturated heterocycles. The summed E-state index contributed by atoms with van der Waals surface area (Å²) in [6.45, 7) is 0. The molecular weight excluding hydrogens is 231 g/mol. The maximum Gasteiger partial charge on any atom is 0.146 e. The maximum absolute atomic E-state index is 13.7. The van der Waals surface area contributed by atoms with Crippen LogP contribution in [0.5, 0.6) is 5.75 Å². The summed E-state index contributed by atoms with van der Waals surface area (Å²) in [5.74, 6) is -0.0839. The molecule has 0 spiro atoms. The number of pyridine rings is 1. The molecule has 0 amide bonds. The second-order valence-electron chi connectivity index (χ2n) is 4.08. The quantitative estimate of drug-likeness (QED) is 0.871. The van der Waals surface area contributed by atoms with Crippen LogP contribution in [-0.2, 0) is 6.42 Å². The zero-order valence-corrected chi connectivity index (χ0v) is 10.1. The minimum atomic E-state index is -0.310. The zero-order chi connectivity index (χ0) is 13.0. The minimum Gasteiger partial charge on any atom is -0.508 e. The van der Waals surface area contributed by atoms with Crippen molar-refractivity contribution in [2.45, 2.75) is 12.5 Å². The van der Waals surface area contributed by atoms with Crippen LogP contribution in [-0.4, -0.2) is 17.1 Å². The van der Waals surface area contributed by atoms with E-state index in [0.29, 0.717) is 12.1 Å².